The van der Waals surface area contributed by atoms with Gasteiger partial charge in [-0.3, -0.25) is 0 Å². The van der Waals surface area contributed by atoms with Crippen molar-refractivity contribution in [3.63, 3.8) is 0 Å². The van der Waals surface area contributed by atoms with Crippen LogP contribution in [0.5, 0.6) is 0 Å². The predicted octanol–water partition coefficient (Wildman–Crippen LogP) is 3.35. The van der Waals surface area contributed by atoms with Crippen molar-refractivity contribution in [1.29, 1.82) is 0 Å². The smallest absolute Gasteiger partial charge is 0.326 e. The van der Waals surface area contributed by atoms with E-state index >= 15 is 0 Å². The molecule has 0 aliphatic heterocycles. The molecule has 2 aromatic carbocycles. The molecule has 3 aromatic rings. The summed E-state index contributed by atoms with van der Waals surface area (Å²) in [5, 5.41) is 4.51. The molecule has 0 unspecified atom stereocenters. The van der Waals surface area contributed by atoms with Crippen molar-refractivity contribution >= 4 is 17.7 Å². The maximum atomic E-state index is 12.2. The molecule has 0 bridgehead atoms. The van der Waals surface area contributed by atoms with E-state index in [0.29, 0.717) is 23.9 Å². The third-order valence-electron chi connectivity index (χ3n) is 3.73. The predicted molar refractivity (Wildman–Crippen MR) is 93.6 cm³/mol. The van der Waals surface area contributed by atoms with E-state index in [4.69, 9.17) is 5.73 Å². The Morgan fingerprint density at radius 2 is 1.79 bits per heavy atom. The summed E-state index contributed by atoms with van der Waals surface area (Å²) in [7, 11) is 0. The lowest BCUT2D eigenvalue weighted by molar-refractivity contribution is 0.255. The number of amides is 2. The molecule has 6 heteroatoms. The number of hydrogen-bond acceptors (Lipinski definition) is 3. The van der Waals surface area contributed by atoms with Crippen molar-refractivity contribution in [1.82, 2.24) is 14.8 Å². The van der Waals surface area contributed by atoms with Crippen molar-refractivity contribution in [3.8, 4) is 5.69 Å². The first-order valence-electron chi connectivity index (χ1n) is 7.78. The number of benzene rings is 2. The number of primary amides is 1. The minimum absolute atomic E-state index is 0.389. The van der Waals surface area contributed by atoms with Crippen LogP contribution in [0.1, 0.15) is 18.3 Å². The van der Waals surface area contributed by atoms with Crippen LogP contribution >= 0.6 is 0 Å². The van der Waals surface area contributed by atoms with Crippen molar-refractivity contribution in [3.05, 3.63) is 66.0 Å². The summed E-state index contributed by atoms with van der Waals surface area (Å²) in [4.78, 5) is 18.1. The zero-order valence-corrected chi connectivity index (χ0v) is 13.7. The second-order valence-electron chi connectivity index (χ2n) is 5.39. The van der Waals surface area contributed by atoms with E-state index in [-0.39, 0.29) is 0 Å². The molecule has 0 fully saturated rings. The molecule has 24 heavy (non-hydrogen) atoms. The molecule has 3 rings (SSSR count). The highest BCUT2D eigenvalue weighted by atomic mass is 16.2. The molecule has 0 atom stereocenters. The molecule has 0 aliphatic rings. The fourth-order valence-electron chi connectivity index (χ4n) is 2.52. The van der Waals surface area contributed by atoms with E-state index in [9.17, 15) is 4.79 Å². The van der Waals surface area contributed by atoms with Crippen LogP contribution in [-0.2, 0) is 6.42 Å². The second kappa shape index (κ2) is 6.54. The van der Waals surface area contributed by atoms with E-state index in [2.05, 4.69) is 10.1 Å². The Balaban J connectivity index is 2.21. The lowest BCUT2D eigenvalue weighted by atomic mass is 10.2. The van der Waals surface area contributed by atoms with Gasteiger partial charge in [-0.2, -0.15) is 9.67 Å². The number of carbonyl (C=O) groups excluding carboxylic acids is 1. The van der Waals surface area contributed by atoms with Gasteiger partial charge >= 0.3 is 6.03 Å². The van der Waals surface area contributed by atoms with Gasteiger partial charge in [0.05, 0.1) is 11.4 Å². The van der Waals surface area contributed by atoms with Crippen LogP contribution in [0.3, 0.4) is 0 Å². The number of aromatic nitrogens is 3. The number of hydrogen-bond donors (Lipinski definition) is 1. The number of nitrogens with zero attached hydrogens (tertiary/aromatic N) is 4. The lowest BCUT2D eigenvalue weighted by Crippen LogP contribution is -2.34. The fraction of sp³-hybridized carbons (Fsp3) is 0.167. The highest BCUT2D eigenvalue weighted by Gasteiger charge is 2.24. The van der Waals surface area contributed by atoms with Gasteiger partial charge in [0.2, 0.25) is 5.95 Å². The summed E-state index contributed by atoms with van der Waals surface area (Å²) in [6.45, 7) is 3.89. The first-order chi connectivity index (χ1) is 11.6. The Hall–Kier alpha value is -3.15. The molecular weight excluding hydrogens is 302 g/mol. The minimum atomic E-state index is -0.600. The van der Waals surface area contributed by atoms with Gasteiger partial charge in [0.1, 0.15) is 0 Å². The van der Waals surface area contributed by atoms with E-state index in [1.165, 1.54) is 4.90 Å². The van der Waals surface area contributed by atoms with Crippen LogP contribution < -0.4 is 10.6 Å². The normalized spacial score (nSPS) is 10.6. The summed E-state index contributed by atoms with van der Waals surface area (Å²) >= 11 is 0. The van der Waals surface area contributed by atoms with Crippen LogP contribution in [0.4, 0.5) is 16.4 Å². The lowest BCUT2D eigenvalue weighted by Gasteiger charge is -2.21. The topological polar surface area (TPSA) is 77.0 Å². The third kappa shape index (κ3) is 2.86. The van der Waals surface area contributed by atoms with Gasteiger partial charge in [-0.15, -0.1) is 5.10 Å². The molecule has 2 N–H and O–H groups in total. The summed E-state index contributed by atoms with van der Waals surface area (Å²) < 4.78 is 1.65. The molecule has 1 aromatic heterocycles. The largest absolute Gasteiger partial charge is 0.351 e. The van der Waals surface area contributed by atoms with Crippen LogP contribution in [0, 0.1) is 6.92 Å². The Bertz CT molecular complexity index is 857. The van der Waals surface area contributed by atoms with Crippen LogP contribution in [0.2, 0.25) is 0 Å². The first kappa shape index (κ1) is 15.7. The van der Waals surface area contributed by atoms with Crippen molar-refractivity contribution in [2.45, 2.75) is 20.3 Å². The Morgan fingerprint density at radius 1 is 1.12 bits per heavy atom. The van der Waals surface area contributed by atoms with Gasteiger partial charge < -0.3 is 5.73 Å². The van der Waals surface area contributed by atoms with Crippen LogP contribution in [0.15, 0.2) is 54.6 Å². The molecule has 122 valence electrons. The molecule has 0 saturated carbocycles. The Labute approximate surface area is 140 Å². The van der Waals surface area contributed by atoms with E-state index in [1.807, 2.05) is 68.4 Å². The minimum Gasteiger partial charge on any atom is -0.351 e. The number of aryl methyl sites for hydroxylation is 2. The number of anilines is 2. The van der Waals surface area contributed by atoms with E-state index in [1.54, 1.807) is 4.68 Å². The average Bonchev–Trinajstić information content (AvgIpc) is 3.01. The number of urea groups is 1. The molecule has 1 heterocycles. The fourth-order valence-corrected chi connectivity index (χ4v) is 2.52. The SMILES string of the molecule is CCc1nc(N(C(N)=O)c2ccccc2C)n(-c2ccccc2)n1. The highest BCUT2D eigenvalue weighted by Crippen LogP contribution is 2.28. The maximum Gasteiger partial charge on any atom is 0.326 e. The zero-order valence-electron chi connectivity index (χ0n) is 13.7. The number of rotatable bonds is 4. The molecule has 0 aliphatic carbocycles. The monoisotopic (exact) mass is 321 g/mol. The Kier molecular flexibility index (Phi) is 4.29. The number of carbonyl (C=O) groups is 1. The van der Waals surface area contributed by atoms with Gasteiger partial charge in [0.25, 0.3) is 0 Å². The first-order valence-corrected chi connectivity index (χ1v) is 7.78. The van der Waals surface area contributed by atoms with Gasteiger partial charge in [0, 0.05) is 6.42 Å². The zero-order chi connectivity index (χ0) is 17.1. The molecular formula is C18H19N5O. The maximum absolute atomic E-state index is 12.2. The van der Waals surface area contributed by atoms with Gasteiger partial charge in [-0.25, -0.2) is 9.69 Å². The van der Waals surface area contributed by atoms with Crippen molar-refractivity contribution < 1.29 is 4.79 Å². The van der Waals surface area contributed by atoms with Gasteiger partial charge in [0.15, 0.2) is 5.82 Å². The number of nitrogens with two attached hydrogens (primary N) is 1. The highest BCUT2D eigenvalue weighted by molar-refractivity contribution is 5.97. The van der Waals surface area contributed by atoms with Gasteiger partial charge in [-0.05, 0) is 30.7 Å². The molecule has 6 nitrogen and oxygen atoms in total. The van der Waals surface area contributed by atoms with E-state index in [0.717, 1.165) is 11.3 Å². The van der Waals surface area contributed by atoms with Crippen molar-refractivity contribution in [2.24, 2.45) is 5.73 Å². The average molecular weight is 321 g/mol. The molecule has 2 amide bonds. The molecule has 0 saturated heterocycles. The summed E-state index contributed by atoms with van der Waals surface area (Å²) in [5.41, 5.74) is 8.11. The van der Waals surface area contributed by atoms with Gasteiger partial charge in [-0.1, -0.05) is 43.3 Å². The summed E-state index contributed by atoms with van der Waals surface area (Å²) in [6, 6.07) is 16.5. The number of para-hydroxylation sites is 2. The second-order valence-corrected chi connectivity index (χ2v) is 5.39. The summed E-state index contributed by atoms with van der Waals surface area (Å²) in [6.07, 6.45) is 0.660. The standard InChI is InChI=1S/C18H19N5O/c1-3-16-20-18(23(21-16)14-10-5-4-6-11-14)22(17(19)24)15-12-8-7-9-13(15)2/h4-12H,3H2,1-2H3,(H2,19,24). The third-order valence-corrected chi connectivity index (χ3v) is 3.73. The van der Waals surface area contributed by atoms with Crippen LogP contribution in [-0.4, -0.2) is 20.8 Å². The van der Waals surface area contributed by atoms with Crippen molar-refractivity contribution in [2.75, 3.05) is 4.90 Å². The molecule has 0 radical (unpaired) electrons. The summed E-state index contributed by atoms with van der Waals surface area (Å²) in [5.74, 6) is 1.04. The quantitative estimate of drug-likeness (QED) is 0.800. The Morgan fingerprint density at radius 3 is 2.42 bits per heavy atom. The molecule has 0 spiro atoms. The van der Waals surface area contributed by atoms with E-state index < -0.39 is 6.03 Å². The van der Waals surface area contributed by atoms with Crippen LogP contribution in [0.25, 0.3) is 5.69 Å².